The van der Waals surface area contributed by atoms with Gasteiger partial charge < -0.3 is 14.5 Å². The van der Waals surface area contributed by atoms with Crippen LogP contribution in [-0.2, 0) is 4.74 Å². The predicted octanol–water partition coefficient (Wildman–Crippen LogP) is 4.71. The van der Waals surface area contributed by atoms with Crippen molar-refractivity contribution in [1.82, 2.24) is 0 Å². The summed E-state index contributed by atoms with van der Waals surface area (Å²) < 4.78 is 10.3. The van der Waals surface area contributed by atoms with E-state index in [9.17, 15) is 9.59 Å². The minimum absolute atomic E-state index is 0.162. The number of furan rings is 1. The number of hydrogen-bond donors (Lipinski definition) is 1. The van der Waals surface area contributed by atoms with Gasteiger partial charge in [0.05, 0.1) is 11.8 Å². The number of amides is 1. The van der Waals surface area contributed by atoms with E-state index in [1.165, 1.54) is 6.26 Å². The fraction of sp³-hybridized carbons (Fsp3) is 0.0909. The van der Waals surface area contributed by atoms with Gasteiger partial charge in [0, 0.05) is 5.69 Å². The Balaban J connectivity index is 1.61. The Morgan fingerprint density at radius 3 is 2.63 bits per heavy atom. The van der Waals surface area contributed by atoms with E-state index < -0.39 is 5.97 Å². The Kier molecular flexibility index (Phi) is 5.84. The van der Waals surface area contributed by atoms with Gasteiger partial charge in [-0.1, -0.05) is 42.5 Å². The molecule has 3 rings (SSSR count). The Labute approximate surface area is 157 Å². The summed E-state index contributed by atoms with van der Waals surface area (Å²) in [7, 11) is 0. The topological polar surface area (TPSA) is 68.5 Å². The van der Waals surface area contributed by atoms with Gasteiger partial charge in [-0.2, -0.15) is 0 Å². The molecule has 5 nitrogen and oxygen atoms in total. The van der Waals surface area contributed by atoms with E-state index in [4.69, 9.17) is 9.15 Å². The second kappa shape index (κ2) is 8.67. The third-order valence-corrected chi connectivity index (χ3v) is 3.89. The third kappa shape index (κ3) is 4.95. The van der Waals surface area contributed by atoms with Gasteiger partial charge >= 0.3 is 5.97 Å². The van der Waals surface area contributed by atoms with Crippen LogP contribution in [0.5, 0.6) is 0 Å². The first-order valence-corrected chi connectivity index (χ1v) is 8.48. The van der Waals surface area contributed by atoms with Gasteiger partial charge in [0.15, 0.2) is 5.76 Å². The smallest absolute Gasteiger partial charge is 0.338 e. The Hall–Kier alpha value is -3.60. The summed E-state index contributed by atoms with van der Waals surface area (Å²) >= 11 is 0. The van der Waals surface area contributed by atoms with E-state index >= 15 is 0 Å². The second-order valence-corrected chi connectivity index (χ2v) is 5.87. The van der Waals surface area contributed by atoms with Crippen LogP contribution in [0.25, 0.3) is 6.08 Å². The average molecular weight is 361 g/mol. The first-order valence-electron chi connectivity index (χ1n) is 8.48. The molecule has 5 heteroatoms. The van der Waals surface area contributed by atoms with Gasteiger partial charge in [-0.05, 0) is 48.4 Å². The zero-order valence-corrected chi connectivity index (χ0v) is 14.8. The molecule has 0 radical (unpaired) electrons. The first-order chi connectivity index (χ1) is 13.1. The number of carbonyl (C=O) groups excluding carboxylic acids is 2. The largest absolute Gasteiger partial charge is 0.459 e. The van der Waals surface area contributed by atoms with Crippen molar-refractivity contribution in [3.05, 3.63) is 95.5 Å². The van der Waals surface area contributed by atoms with E-state index in [0.717, 1.165) is 11.1 Å². The van der Waals surface area contributed by atoms with Crippen LogP contribution in [0.15, 0.2) is 77.4 Å². The molecule has 0 fully saturated rings. The number of anilines is 1. The molecule has 0 spiro atoms. The van der Waals surface area contributed by atoms with Crippen LogP contribution in [-0.4, -0.2) is 18.5 Å². The van der Waals surface area contributed by atoms with Crippen LogP contribution >= 0.6 is 0 Å². The fourth-order valence-electron chi connectivity index (χ4n) is 2.43. The highest BCUT2D eigenvalue weighted by atomic mass is 16.5. The van der Waals surface area contributed by atoms with Crippen molar-refractivity contribution >= 4 is 23.6 Å². The van der Waals surface area contributed by atoms with E-state index in [1.807, 2.05) is 43.3 Å². The Bertz CT molecular complexity index is 944. The number of hydrogen-bond acceptors (Lipinski definition) is 4. The van der Waals surface area contributed by atoms with Crippen molar-refractivity contribution < 1.29 is 18.7 Å². The van der Waals surface area contributed by atoms with Gasteiger partial charge in [-0.25, -0.2) is 4.79 Å². The summed E-state index contributed by atoms with van der Waals surface area (Å²) in [6.07, 6.45) is 5.09. The molecule has 0 unspecified atom stereocenters. The number of carbonyl (C=O) groups is 2. The maximum atomic E-state index is 12.2. The number of nitrogens with one attached hydrogen (secondary N) is 1. The fourth-order valence-corrected chi connectivity index (χ4v) is 2.43. The van der Waals surface area contributed by atoms with Crippen molar-refractivity contribution in [3.63, 3.8) is 0 Å². The average Bonchev–Trinajstić information content (AvgIpc) is 3.22. The lowest BCUT2D eigenvalue weighted by Gasteiger charge is -2.09. The van der Waals surface area contributed by atoms with Crippen LogP contribution in [0.3, 0.4) is 0 Å². The molecule has 0 aliphatic heterocycles. The Morgan fingerprint density at radius 2 is 1.89 bits per heavy atom. The van der Waals surface area contributed by atoms with E-state index in [2.05, 4.69) is 5.32 Å². The predicted molar refractivity (Wildman–Crippen MR) is 104 cm³/mol. The summed E-state index contributed by atoms with van der Waals surface area (Å²) in [6, 6.07) is 18.0. The highest BCUT2D eigenvalue weighted by Crippen LogP contribution is 2.19. The lowest BCUT2D eigenvalue weighted by Crippen LogP contribution is -2.13. The van der Waals surface area contributed by atoms with Gasteiger partial charge in [0.1, 0.15) is 6.61 Å². The molecule has 0 saturated carbocycles. The van der Waals surface area contributed by atoms with Gasteiger partial charge in [0.25, 0.3) is 5.91 Å². The summed E-state index contributed by atoms with van der Waals surface area (Å²) in [6.45, 7) is 2.01. The van der Waals surface area contributed by atoms with Crippen molar-refractivity contribution in [1.29, 1.82) is 0 Å². The van der Waals surface area contributed by atoms with Gasteiger partial charge in [-0.3, -0.25) is 4.79 Å². The highest BCUT2D eigenvalue weighted by Gasteiger charge is 2.13. The molecule has 0 bridgehead atoms. The summed E-state index contributed by atoms with van der Waals surface area (Å²) in [5, 5.41) is 2.74. The quantitative estimate of drug-likeness (QED) is 0.646. The van der Waals surface area contributed by atoms with Crippen molar-refractivity contribution in [2.24, 2.45) is 0 Å². The molecular formula is C22H19NO4. The van der Waals surface area contributed by atoms with Crippen LogP contribution in [0, 0.1) is 6.92 Å². The number of rotatable bonds is 6. The van der Waals surface area contributed by atoms with Crippen molar-refractivity contribution in [2.75, 3.05) is 11.9 Å². The molecule has 1 N–H and O–H groups in total. The molecule has 0 aliphatic carbocycles. The minimum atomic E-state index is -0.457. The monoisotopic (exact) mass is 361 g/mol. The first kappa shape index (κ1) is 18.2. The van der Waals surface area contributed by atoms with Crippen LogP contribution in [0.1, 0.15) is 32.0 Å². The number of aryl methyl sites for hydroxylation is 1. The number of benzene rings is 2. The normalized spacial score (nSPS) is 10.7. The minimum Gasteiger partial charge on any atom is -0.459 e. The Morgan fingerprint density at radius 1 is 1.07 bits per heavy atom. The van der Waals surface area contributed by atoms with Crippen LogP contribution < -0.4 is 5.32 Å². The molecule has 0 atom stereocenters. The van der Waals surface area contributed by atoms with E-state index in [1.54, 1.807) is 36.4 Å². The molecule has 27 heavy (non-hydrogen) atoms. The molecule has 3 aromatic rings. The van der Waals surface area contributed by atoms with Crippen molar-refractivity contribution in [2.45, 2.75) is 6.92 Å². The number of esters is 1. The molecule has 0 saturated heterocycles. The standard InChI is InChI=1S/C22H19NO4/c1-16-11-12-18(15-19(16)23-21(24)20-10-6-13-26-20)22(25)27-14-5-9-17-7-3-2-4-8-17/h2-13,15H,14H2,1H3,(H,23,24). The molecule has 1 amide bonds. The highest BCUT2D eigenvalue weighted by molar-refractivity contribution is 6.03. The van der Waals surface area contributed by atoms with Crippen LogP contribution in [0.4, 0.5) is 5.69 Å². The molecule has 0 aliphatic rings. The summed E-state index contributed by atoms with van der Waals surface area (Å²) in [4.78, 5) is 24.4. The maximum Gasteiger partial charge on any atom is 0.338 e. The van der Waals surface area contributed by atoms with Gasteiger partial charge in [0.2, 0.25) is 0 Å². The molecule has 2 aromatic carbocycles. The molecular weight excluding hydrogens is 342 g/mol. The lowest BCUT2D eigenvalue weighted by molar-refractivity contribution is 0.0550. The SMILES string of the molecule is Cc1ccc(C(=O)OCC=Cc2ccccc2)cc1NC(=O)c1ccco1. The van der Waals surface area contributed by atoms with E-state index in [0.29, 0.717) is 11.3 Å². The van der Waals surface area contributed by atoms with Crippen molar-refractivity contribution in [3.8, 4) is 0 Å². The second-order valence-electron chi connectivity index (χ2n) is 5.87. The molecule has 1 heterocycles. The van der Waals surface area contributed by atoms with E-state index in [-0.39, 0.29) is 18.3 Å². The molecule has 136 valence electrons. The summed E-state index contributed by atoms with van der Waals surface area (Å²) in [5.74, 6) is -0.631. The zero-order valence-electron chi connectivity index (χ0n) is 14.8. The third-order valence-electron chi connectivity index (χ3n) is 3.89. The lowest BCUT2D eigenvalue weighted by atomic mass is 10.1. The van der Waals surface area contributed by atoms with Crippen LogP contribution in [0.2, 0.25) is 0 Å². The maximum absolute atomic E-state index is 12.2. The number of ether oxygens (including phenoxy) is 1. The molecule has 1 aromatic heterocycles. The van der Waals surface area contributed by atoms with Gasteiger partial charge in [-0.15, -0.1) is 0 Å². The summed E-state index contributed by atoms with van der Waals surface area (Å²) in [5.41, 5.74) is 2.76. The zero-order chi connectivity index (χ0) is 19.1.